The molecule has 0 unspecified atom stereocenters. The standard InChI is InChI=1S/C14H21FN4O2/c1-14(2,3)21-13(20)16-6-10-7-19(8-10)12-4-11(5-15)17-9-18-12/h4,9-10H,5-8H2,1-3H3,(H,16,20). The number of halogens is 1. The number of alkyl halides is 1. The molecule has 0 aliphatic carbocycles. The summed E-state index contributed by atoms with van der Waals surface area (Å²) in [6.45, 7) is 7.01. The summed E-state index contributed by atoms with van der Waals surface area (Å²) in [6, 6.07) is 1.65. The highest BCUT2D eigenvalue weighted by Gasteiger charge is 2.28. The van der Waals surface area contributed by atoms with Crippen molar-refractivity contribution in [3.63, 3.8) is 0 Å². The molecule has 1 aliphatic rings. The molecule has 1 fully saturated rings. The predicted octanol–water partition coefficient (Wildman–Crippen LogP) is 1.91. The fraction of sp³-hybridized carbons (Fsp3) is 0.643. The molecule has 1 aromatic heterocycles. The van der Waals surface area contributed by atoms with Crippen molar-refractivity contribution in [3.8, 4) is 0 Å². The van der Waals surface area contributed by atoms with Gasteiger partial charge in [-0.05, 0) is 20.8 Å². The van der Waals surface area contributed by atoms with Crippen molar-refractivity contribution >= 4 is 11.9 Å². The summed E-state index contributed by atoms with van der Waals surface area (Å²) in [6.07, 6.45) is 0.971. The molecule has 0 saturated carbocycles. The van der Waals surface area contributed by atoms with E-state index in [1.54, 1.807) is 6.07 Å². The average molecular weight is 296 g/mol. The van der Waals surface area contributed by atoms with Crippen LogP contribution in [0.2, 0.25) is 0 Å². The fourth-order valence-electron chi connectivity index (χ4n) is 2.06. The SMILES string of the molecule is CC(C)(C)OC(=O)NCC1CN(c2cc(CF)ncn2)C1. The number of rotatable bonds is 4. The van der Waals surface area contributed by atoms with Gasteiger partial charge < -0.3 is 15.0 Å². The van der Waals surface area contributed by atoms with E-state index in [1.807, 2.05) is 25.7 Å². The Morgan fingerprint density at radius 1 is 1.48 bits per heavy atom. The Bertz CT molecular complexity index is 498. The van der Waals surface area contributed by atoms with Gasteiger partial charge in [0.25, 0.3) is 0 Å². The van der Waals surface area contributed by atoms with Gasteiger partial charge in [-0.25, -0.2) is 19.2 Å². The molecule has 1 amide bonds. The predicted molar refractivity (Wildman–Crippen MR) is 76.8 cm³/mol. The first-order chi connectivity index (χ1) is 9.87. The number of carbonyl (C=O) groups is 1. The summed E-state index contributed by atoms with van der Waals surface area (Å²) in [4.78, 5) is 21.5. The number of amides is 1. The van der Waals surface area contributed by atoms with Crippen molar-refractivity contribution in [3.05, 3.63) is 18.1 Å². The first kappa shape index (κ1) is 15.5. The van der Waals surface area contributed by atoms with Gasteiger partial charge in [-0.15, -0.1) is 0 Å². The summed E-state index contributed by atoms with van der Waals surface area (Å²) in [5, 5.41) is 2.76. The second-order valence-corrected chi connectivity index (χ2v) is 6.15. The highest BCUT2D eigenvalue weighted by Crippen LogP contribution is 2.22. The Balaban J connectivity index is 1.73. The topological polar surface area (TPSA) is 67.3 Å². The van der Waals surface area contributed by atoms with Crippen molar-refractivity contribution in [2.45, 2.75) is 33.0 Å². The van der Waals surface area contributed by atoms with E-state index in [4.69, 9.17) is 4.74 Å². The summed E-state index contributed by atoms with van der Waals surface area (Å²) >= 11 is 0. The third kappa shape index (κ3) is 4.54. The molecule has 7 heteroatoms. The first-order valence-electron chi connectivity index (χ1n) is 6.96. The molecule has 2 rings (SSSR count). The number of carbonyl (C=O) groups excluding carboxylic acids is 1. The number of ether oxygens (including phenoxy) is 1. The zero-order valence-electron chi connectivity index (χ0n) is 12.6. The van der Waals surface area contributed by atoms with Crippen LogP contribution in [-0.4, -0.2) is 41.3 Å². The molecule has 1 N–H and O–H groups in total. The first-order valence-corrected chi connectivity index (χ1v) is 6.96. The second kappa shape index (κ2) is 6.24. The molecular weight excluding hydrogens is 275 g/mol. The highest BCUT2D eigenvalue weighted by molar-refractivity contribution is 5.67. The number of hydrogen-bond acceptors (Lipinski definition) is 5. The van der Waals surface area contributed by atoms with Crippen LogP contribution in [0.1, 0.15) is 26.5 Å². The quantitative estimate of drug-likeness (QED) is 0.919. The van der Waals surface area contributed by atoms with Gasteiger partial charge in [0.15, 0.2) is 0 Å². The van der Waals surface area contributed by atoms with Crippen molar-refractivity contribution in [2.24, 2.45) is 5.92 Å². The van der Waals surface area contributed by atoms with Gasteiger partial charge >= 0.3 is 6.09 Å². The van der Waals surface area contributed by atoms with E-state index in [2.05, 4.69) is 15.3 Å². The average Bonchev–Trinajstić information content (AvgIpc) is 2.35. The van der Waals surface area contributed by atoms with E-state index in [-0.39, 0.29) is 0 Å². The molecule has 1 aromatic rings. The van der Waals surface area contributed by atoms with Crippen LogP contribution in [0.4, 0.5) is 15.0 Å². The van der Waals surface area contributed by atoms with Crippen molar-refractivity contribution in [1.29, 1.82) is 0 Å². The minimum absolute atomic E-state index is 0.348. The minimum atomic E-state index is -0.590. The van der Waals surface area contributed by atoms with E-state index < -0.39 is 18.4 Å². The molecule has 6 nitrogen and oxygen atoms in total. The number of hydrogen-bond donors (Lipinski definition) is 1. The highest BCUT2D eigenvalue weighted by atomic mass is 19.1. The van der Waals surface area contributed by atoms with Crippen molar-refractivity contribution < 1.29 is 13.9 Å². The minimum Gasteiger partial charge on any atom is -0.444 e. The Morgan fingerprint density at radius 3 is 2.81 bits per heavy atom. The zero-order chi connectivity index (χ0) is 15.5. The lowest BCUT2D eigenvalue weighted by Gasteiger charge is -2.40. The molecule has 0 bridgehead atoms. The van der Waals surface area contributed by atoms with Gasteiger partial charge in [0.2, 0.25) is 0 Å². The summed E-state index contributed by atoms with van der Waals surface area (Å²) in [5.74, 6) is 1.08. The van der Waals surface area contributed by atoms with Crippen LogP contribution in [0.5, 0.6) is 0 Å². The van der Waals surface area contributed by atoms with E-state index in [9.17, 15) is 9.18 Å². The van der Waals surface area contributed by atoms with Crippen LogP contribution >= 0.6 is 0 Å². The zero-order valence-corrected chi connectivity index (χ0v) is 12.6. The number of alkyl carbamates (subject to hydrolysis) is 1. The van der Waals surface area contributed by atoms with E-state index in [0.29, 0.717) is 18.2 Å². The Hall–Kier alpha value is -1.92. The monoisotopic (exact) mass is 296 g/mol. The number of nitrogens with zero attached hydrogens (tertiary/aromatic N) is 3. The summed E-state index contributed by atoms with van der Waals surface area (Å²) in [5.41, 5.74) is -0.102. The van der Waals surface area contributed by atoms with E-state index in [0.717, 1.165) is 18.9 Å². The van der Waals surface area contributed by atoms with Gasteiger partial charge in [-0.1, -0.05) is 0 Å². The molecule has 2 heterocycles. The molecule has 1 saturated heterocycles. The number of anilines is 1. The van der Waals surface area contributed by atoms with Crippen LogP contribution in [0, 0.1) is 5.92 Å². The van der Waals surface area contributed by atoms with Crippen LogP contribution in [0.3, 0.4) is 0 Å². The third-order valence-corrected chi connectivity index (χ3v) is 3.06. The molecule has 21 heavy (non-hydrogen) atoms. The molecule has 116 valence electrons. The van der Waals surface area contributed by atoms with Crippen LogP contribution < -0.4 is 10.2 Å². The van der Waals surface area contributed by atoms with Crippen LogP contribution in [0.15, 0.2) is 12.4 Å². The van der Waals surface area contributed by atoms with E-state index >= 15 is 0 Å². The van der Waals surface area contributed by atoms with Crippen molar-refractivity contribution in [2.75, 3.05) is 24.5 Å². The molecular formula is C14H21FN4O2. The van der Waals surface area contributed by atoms with Crippen LogP contribution in [-0.2, 0) is 11.4 Å². The largest absolute Gasteiger partial charge is 0.444 e. The van der Waals surface area contributed by atoms with Gasteiger partial charge in [-0.3, -0.25) is 0 Å². The smallest absolute Gasteiger partial charge is 0.407 e. The normalized spacial score (nSPS) is 15.5. The van der Waals surface area contributed by atoms with Gasteiger partial charge in [0.05, 0.1) is 5.69 Å². The molecule has 0 atom stereocenters. The fourth-order valence-corrected chi connectivity index (χ4v) is 2.06. The molecule has 0 spiro atoms. The molecule has 0 radical (unpaired) electrons. The van der Waals surface area contributed by atoms with Crippen LogP contribution in [0.25, 0.3) is 0 Å². The van der Waals surface area contributed by atoms with Crippen molar-refractivity contribution in [1.82, 2.24) is 15.3 Å². The van der Waals surface area contributed by atoms with Gasteiger partial charge in [-0.2, -0.15) is 0 Å². The third-order valence-electron chi connectivity index (χ3n) is 3.06. The maximum absolute atomic E-state index is 12.5. The summed E-state index contributed by atoms with van der Waals surface area (Å²) in [7, 11) is 0. The van der Waals surface area contributed by atoms with E-state index in [1.165, 1.54) is 6.33 Å². The molecule has 0 aromatic carbocycles. The second-order valence-electron chi connectivity index (χ2n) is 6.15. The summed E-state index contributed by atoms with van der Waals surface area (Å²) < 4.78 is 17.7. The maximum atomic E-state index is 12.5. The Morgan fingerprint density at radius 2 is 2.19 bits per heavy atom. The van der Waals surface area contributed by atoms with Gasteiger partial charge in [0.1, 0.15) is 24.4 Å². The number of aromatic nitrogens is 2. The Kier molecular flexibility index (Phi) is 4.59. The van der Waals surface area contributed by atoms with Gasteiger partial charge in [0, 0.05) is 31.6 Å². The maximum Gasteiger partial charge on any atom is 0.407 e. The number of nitrogens with one attached hydrogen (secondary N) is 1. The lowest BCUT2D eigenvalue weighted by molar-refractivity contribution is 0.0516. The lowest BCUT2D eigenvalue weighted by atomic mass is 10.0. The Labute approximate surface area is 123 Å². The molecule has 1 aliphatic heterocycles. The lowest BCUT2D eigenvalue weighted by Crippen LogP contribution is -2.52.